The van der Waals surface area contributed by atoms with Crippen molar-refractivity contribution in [2.75, 3.05) is 12.3 Å². The minimum Gasteiger partial charge on any atom is -0.354 e. The zero-order valence-electron chi connectivity index (χ0n) is 12.7. The Labute approximate surface area is 134 Å². The highest BCUT2D eigenvalue weighted by Gasteiger charge is 2.10. The van der Waals surface area contributed by atoms with E-state index in [0.29, 0.717) is 13.0 Å². The van der Waals surface area contributed by atoms with Crippen molar-refractivity contribution in [2.24, 2.45) is 0 Å². The number of thioether (sulfide) groups is 1. The van der Waals surface area contributed by atoms with Gasteiger partial charge in [-0.2, -0.15) is 5.26 Å². The summed E-state index contributed by atoms with van der Waals surface area (Å²) in [6, 6.07) is 8.24. The van der Waals surface area contributed by atoms with E-state index in [9.17, 15) is 4.79 Å². The lowest BCUT2D eigenvalue weighted by molar-refractivity contribution is -0.118. The number of nitrogens with zero attached hydrogens (tertiary/aromatic N) is 3. The molecule has 0 bridgehead atoms. The summed E-state index contributed by atoms with van der Waals surface area (Å²) >= 11 is 1.38. The molecule has 0 spiro atoms. The number of nitrogens with one attached hydrogen (secondary N) is 1. The van der Waals surface area contributed by atoms with Crippen LogP contribution in [-0.2, 0) is 4.79 Å². The third-order valence-electron chi connectivity index (χ3n) is 3.11. The predicted octanol–water partition coefficient (Wildman–Crippen LogP) is 2.61. The molecule has 6 heteroatoms. The first-order valence-electron chi connectivity index (χ1n) is 6.99. The number of amides is 1. The highest BCUT2D eigenvalue weighted by atomic mass is 32.2. The molecule has 1 aromatic carbocycles. The summed E-state index contributed by atoms with van der Waals surface area (Å²) in [5.74, 6) is 0.198. The van der Waals surface area contributed by atoms with Crippen LogP contribution in [0.1, 0.15) is 17.5 Å². The predicted molar refractivity (Wildman–Crippen MR) is 87.0 cm³/mol. The van der Waals surface area contributed by atoms with E-state index < -0.39 is 0 Å². The number of hydrogen-bond acceptors (Lipinski definition) is 4. The van der Waals surface area contributed by atoms with Crippen molar-refractivity contribution >= 4 is 17.7 Å². The maximum atomic E-state index is 11.7. The monoisotopic (exact) mass is 314 g/mol. The average Bonchev–Trinajstić information content (AvgIpc) is 2.93. The average molecular weight is 314 g/mol. The SMILES string of the molecule is Cc1ccc(-n2ccnc2SCC(=O)NCCC#N)c(C)c1. The number of nitriles is 1. The Kier molecular flexibility index (Phi) is 5.61. The van der Waals surface area contributed by atoms with E-state index in [0.717, 1.165) is 10.8 Å². The number of imidazole rings is 1. The van der Waals surface area contributed by atoms with E-state index in [4.69, 9.17) is 5.26 Å². The van der Waals surface area contributed by atoms with Crippen LogP contribution in [0.3, 0.4) is 0 Å². The lowest BCUT2D eigenvalue weighted by atomic mass is 10.1. The summed E-state index contributed by atoms with van der Waals surface area (Å²) in [4.78, 5) is 16.0. The van der Waals surface area contributed by atoms with Crippen LogP contribution < -0.4 is 5.32 Å². The lowest BCUT2D eigenvalue weighted by Crippen LogP contribution is -2.26. The molecule has 0 saturated carbocycles. The second kappa shape index (κ2) is 7.66. The molecule has 5 nitrogen and oxygen atoms in total. The van der Waals surface area contributed by atoms with Gasteiger partial charge >= 0.3 is 0 Å². The van der Waals surface area contributed by atoms with Crippen molar-refractivity contribution < 1.29 is 4.79 Å². The molecule has 1 heterocycles. The normalized spacial score (nSPS) is 10.2. The van der Waals surface area contributed by atoms with Gasteiger partial charge in [-0.25, -0.2) is 4.98 Å². The number of carbonyl (C=O) groups is 1. The Hall–Kier alpha value is -2.26. The highest BCUT2D eigenvalue weighted by Crippen LogP contribution is 2.23. The molecular weight excluding hydrogens is 296 g/mol. The Bertz CT molecular complexity index is 702. The number of aromatic nitrogens is 2. The first-order valence-corrected chi connectivity index (χ1v) is 7.98. The van der Waals surface area contributed by atoms with E-state index in [-0.39, 0.29) is 11.7 Å². The fraction of sp³-hybridized carbons (Fsp3) is 0.312. The Morgan fingerprint density at radius 1 is 1.45 bits per heavy atom. The molecule has 0 aliphatic heterocycles. The number of benzene rings is 1. The van der Waals surface area contributed by atoms with Crippen molar-refractivity contribution in [3.8, 4) is 11.8 Å². The van der Waals surface area contributed by atoms with Crippen molar-refractivity contribution in [2.45, 2.75) is 25.4 Å². The topological polar surface area (TPSA) is 70.7 Å². The maximum absolute atomic E-state index is 11.7. The molecule has 0 radical (unpaired) electrons. The maximum Gasteiger partial charge on any atom is 0.230 e. The third kappa shape index (κ3) is 4.12. The van der Waals surface area contributed by atoms with Crippen LogP contribution in [0.4, 0.5) is 0 Å². The van der Waals surface area contributed by atoms with Crippen molar-refractivity contribution in [3.05, 3.63) is 41.7 Å². The van der Waals surface area contributed by atoms with Crippen LogP contribution in [0.15, 0.2) is 35.7 Å². The molecule has 0 aliphatic rings. The lowest BCUT2D eigenvalue weighted by Gasteiger charge is -2.11. The molecule has 1 amide bonds. The van der Waals surface area contributed by atoms with Gasteiger partial charge in [-0.05, 0) is 25.5 Å². The summed E-state index contributed by atoms with van der Waals surface area (Å²) in [5.41, 5.74) is 3.45. The minimum absolute atomic E-state index is 0.0876. The fourth-order valence-corrected chi connectivity index (χ4v) is 2.89. The van der Waals surface area contributed by atoms with Gasteiger partial charge in [0.15, 0.2) is 5.16 Å². The van der Waals surface area contributed by atoms with Gasteiger partial charge in [-0.1, -0.05) is 29.5 Å². The first-order chi connectivity index (χ1) is 10.6. The molecule has 2 aromatic rings. The molecule has 114 valence electrons. The summed E-state index contributed by atoms with van der Waals surface area (Å²) in [5, 5.41) is 11.9. The third-order valence-corrected chi connectivity index (χ3v) is 4.08. The van der Waals surface area contributed by atoms with Crippen LogP contribution >= 0.6 is 11.8 Å². The Balaban J connectivity index is 2.04. The van der Waals surface area contributed by atoms with Crippen molar-refractivity contribution in [1.82, 2.24) is 14.9 Å². The molecule has 0 unspecified atom stereocenters. The second-order valence-corrected chi connectivity index (χ2v) is 5.86. The Morgan fingerprint density at radius 2 is 2.27 bits per heavy atom. The van der Waals surface area contributed by atoms with Gasteiger partial charge in [0, 0.05) is 18.9 Å². The molecule has 0 fully saturated rings. The second-order valence-electron chi connectivity index (χ2n) is 4.92. The molecule has 2 rings (SSSR count). The zero-order chi connectivity index (χ0) is 15.9. The Morgan fingerprint density at radius 3 is 3.00 bits per heavy atom. The molecule has 0 aliphatic carbocycles. The summed E-state index contributed by atoms with van der Waals surface area (Å²) in [6.45, 7) is 4.51. The highest BCUT2D eigenvalue weighted by molar-refractivity contribution is 7.99. The van der Waals surface area contributed by atoms with Gasteiger partial charge in [0.25, 0.3) is 0 Å². The molecule has 1 aromatic heterocycles. The van der Waals surface area contributed by atoms with Crippen LogP contribution in [-0.4, -0.2) is 27.8 Å². The van der Waals surface area contributed by atoms with E-state index >= 15 is 0 Å². The molecule has 22 heavy (non-hydrogen) atoms. The van der Waals surface area contributed by atoms with Crippen molar-refractivity contribution in [1.29, 1.82) is 5.26 Å². The summed E-state index contributed by atoms with van der Waals surface area (Å²) in [6.07, 6.45) is 3.95. The molecule has 1 N–H and O–H groups in total. The quantitative estimate of drug-likeness (QED) is 0.657. The first kappa shape index (κ1) is 16.1. The summed E-state index contributed by atoms with van der Waals surface area (Å²) < 4.78 is 1.99. The van der Waals surface area contributed by atoms with E-state index in [2.05, 4.69) is 42.3 Å². The minimum atomic E-state index is -0.0876. The summed E-state index contributed by atoms with van der Waals surface area (Å²) in [7, 11) is 0. The largest absolute Gasteiger partial charge is 0.354 e. The number of rotatable bonds is 6. The van der Waals surface area contributed by atoms with Gasteiger partial charge < -0.3 is 5.32 Å². The van der Waals surface area contributed by atoms with E-state index in [1.165, 1.54) is 22.9 Å². The van der Waals surface area contributed by atoms with E-state index in [1.54, 1.807) is 6.20 Å². The van der Waals surface area contributed by atoms with Gasteiger partial charge in [0.05, 0.1) is 23.9 Å². The van der Waals surface area contributed by atoms with Crippen molar-refractivity contribution in [3.63, 3.8) is 0 Å². The fourth-order valence-electron chi connectivity index (χ4n) is 2.09. The van der Waals surface area contributed by atoms with E-state index in [1.807, 2.05) is 16.8 Å². The van der Waals surface area contributed by atoms with Crippen LogP contribution in [0.25, 0.3) is 5.69 Å². The van der Waals surface area contributed by atoms with Crippen LogP contribution in [0.5, 0.6) is 0 Å². The van der Waals surface area contributed by atoms with Gasteiger partial charge in [0.2, 0.25) is 5.91 Å². The van der Waals surface area contributed by atoms with Gasteiger partial charge in [-0.15, -0.1) is 0 Å². The number of carbonyl (C=O) groups excluding carboxylic acids is 1. The number of aryl methyl sites for hydroxylation is 2. The zero-order valence-corrected chi connectivity index (χ0v) is 13.5. The molecule has 0 atom stereocenters. The smallest absolute Gasteiger partial charge is 0.230 e. The number of hydrogen-bond donors (Lipinski definition) is 1. The standard InChI is InChI=1S/C16H18N4OS/c1-12-4-5-14(13(2)10-12)20-9-8-19-16(20)22-11-15(21)18-7-3-6-17/h4-5,8-10H,3,7,11H2,1-2H3,(H,18,21). The van der Waals surface area contributed by atoms with Crippen LogP contribution in [0.2, 0.25) is 0 Å². The van der Waals surface area contributed by atoms with Gasteiger partial charge in [0.1, 0.15) is 0 Å². The molecule has 0 saturated heterocycles. The van der Waals surface area contributed by atoms with Gasteiger partial charge in [-0.3, -0.25) is 9.36 Å². The van der Waals surface area contributed by atoms with Crippen LogP contribution in [0, 0.1) is 25.2 Å². The molecular formula is C16H18N4OS.